The first kappa shape index (κ1) is 18.7. The minimum Gasteiger partial charge on any atom is -0.467 e. The van der Waals surface area contributed by atoms with Gasteiger partial charge >= 0.3 is 0 Å². The Morgan fingerprint density at radius 1 is 1.21 bits per heavy atom. The number of thioether (sulfide) groups is 1. The van der Waals surface area contributed by atoms with E-state index in [1.165, 1.54) is 16.8 Å². The molecule has 6 nitrogen and oxygen atoms in total. The van der Waals surface area contributed by atoms with Crippen LogP contribution in [0.15, 0.2) is 75.8 Å². The molecule has 0 saturated carbocycles. The molecule has 8 heteroatoms. The molecule has 0 bridgehead atoms. The number of furan rings is 1. The SMILES string of the molecule is C[C@@H](Sc1ncccn1)C(=O)N1N=C(c2ccc(Cl)cc2)C[C@@H]1c1ccco1. The van der Waals surface area contributed by atoms with Crippen molar-refractivity contribution < 1.29 is 9.21 Å². The minimum atomic E-state index is -0.395. The number of hydrogen-bond acceptors (Lipinski definition) is 6. The number of hydrogen-bond donors (Lipinski definition) is 0. The molecule has 2 aromatic heterocycles. The predicted octanol–water partition coefficient (Wildman–Crippen LogP) is 4.58. The van der Waals surface area contributed by atoms with Gasteiger partial charge in [-0.05, 0) is 42.8 Å². The molecule has 0 radical (unpaired) electrons. The molecule has 0 N–H and O–H groups in total. The molecule has 0 aliphatic carbocycles. The van der Waals surface area contributed by atoms with E-state index in [1.54, 1.807) is 24.7 Å². The fraction of sp³-hybridized carbons (Fsp3) is 0.200. The van der Waals surface area contributed by atoms with Crippen LogP contribution in [0, 0.1) is 0 Å². The number of aromatic nitrogens is 2. The summed E-state index contributed by atoms with van der Waals surface area (Å²) in [6.07, 6.45) is 5.49. The lowest BCUT2D eigenvalue weighted by atomic mass is 10.0. The van der Waals surface area contributed by atoms with Gasteiger partial charge in [0.15, 0.2) is 5.16 Å². The second kappa shape index (κ2) is 8.16. The lowest BCUT2D eigenvalue weighted by Crippen LogP contribution is -2.33. The van der Waals surface area contributed by atoms with Crippen LogP contribution in [0.3, 0.4) is 0 Å². The van der Waals surface area contributed by atoms with Gasteiger partial charge in [0.25, 0.3) is 5.91 Å². The zero-order valence-corrected chi connectivity index (χ0v) is 16.6. The Labute approximate surface area is 171 Å². The Morgan fingerprint density at radius 3 is 2.64 bits per heavy atom. The second-order valence-electron chi connectivity index (χ2n) is 6.26. The van der Waals surface area contributed by atoms with Crippen LogP contribution < -0.4 is 0 Å². The highest BCUT2D eigenvalue weighted by atomic mass is 35.5. The third kappa shape index (κ3) is 3.95. The van der Waals surface area contributed by atoms with Gasteiger partial charge in [-0.25, -0.2) is 15.0 Å². The van der Waals surface area contributed by atoms with Gasteiger partial charge in [0.2, 0.25) is 0 Å². The fourth-order valence-corrected chi connectivity index (χ4v) is 3.87. The van der Waals surface area contributed by atoms with Crippen molar-refractivity contribution >= 4 is 35.0 Å². The van der Waals surface area contributed by atoms with Gasteiger partial charge in [0, 0.05) is 23.8 Å². The fourth-order valence-electron chi connectivity index (χ4n) is 2.97. The number of amides is 1. The molecule has 4 rings (SSSR count). The van der Waals surface area contributed by atoms with Crippen LogP contribution in [0.5, 0.6) is 0 Å². The minimum absolute atomic E-state index is 0.122. The molecule has 1 aliphatic heterocycles. The highest BCUT2D eigenvalue weighted by Gasteiger charge is 2.37. The first-order valence-corrected chi connectivity index (χ1v) is 10.0. The maximum absolute atomic E-state index is 13.2. The van der Waals surface area contributed by atoms with E-state index < -0.39 is 5.25 Å². The van der Waals surface area contributed by atoms with E-state index in [0.717, 1.165) is 11.3 Å². The van der Waals surface area contributed by atoms with Crippen LogP contribution in [-0.2, 0) is 4.79 Å². The molecule has 3 heterocycles. The number of rotatable bonds is 5. The molecule has 3 aromatic rings. The largest absolute Gasteiger partial charge is 0.467 e. The lowest BCUT2D eigenvalue weighted by Gasteiger charge is -2.22. The van der Waals surface area contributed by atoms with E-state index in [0.29, 0.717) is 22.4 Å². The number of halogens is 1. The van der Waals surface area contributed by atoms with E-state index in [9.17, 15) is 4.79 Å². The molecule has 142 valence electrons. The summed E-state index contributed by atoms with van der Waals surface area (Å²) in [5, 5.41) is 6.97. The van der Waals surface area contributed by atoms with E-state index in [4.69, 9.17) is 16.0 Å². The van der Waals surface area contributed by atoms with Crippen molar-refractivity contribution in [3.8, 4) is 0 Å². The van der Waals surface area contributed by atoms with Crippen LogP contribution in [-0.4, -0.2) is 31.8 Å². The number of nitrogens with zero attached hydrogens (tertiary/aromatic N) is 4. The zero-order chi connectivity index (χ0) is 19.5. The van der Waals surface area contributed by atoms with Gasteiger partial charge in [0.1, 0.15) is 11.8 Å². The quantitative estimate of drug-likeness (QED) is 0.453. The Kier molecular flexibility index (Phi) is 5.45. The van der Waals surface area contributed by atoms with Crippen LogP contribution >= 0.6 is 23.4 Å². The summed E-state index contributed by atoms with van der Waals surface area (Å²) >= 11 is 7.30. The molecule has 0 saturated heterocycles. The molecular formula is C20H17ClN4O2S. The molecule has 1 aromatic carbocycles. The summed E-state index contributed by atoms with van der Waals surface area (Å²) in [5.41, 5.74) is 1.75. The lowest BCUT2D eigenvalue weighted by molar-refractivity contribution is -0.132. The third-order valence-corrected chi connectivity index (χ3v) is 5.59. The van der Waals surface area contributed by atoms with Gasteiger partial charge in [-0.1, -0.05) is 35.5 Å². The Bertz CT molecular complexity index is 977. The normalized spacial score (nSPS) is 17.4. The average Bonchev–Trinajstić information content (AvgIpc) is 3.38. The van der Waals surface area contributed by atoms with Crippen LogP contribution in [0.1, 0.15) is 30.7 Å². The van der Waals surface area contributed by atoms with E-state index in [-0.39, 0.29) is 11.9 Å². The Hall–Kier alpha value is -2.64. The number of carbonyl (C=O) groups excluding carboxylic acids is 1. The van der Waals surface area contributed by atoms with Crippen molar-refractivity contribution in [2.45, 2.75) is 29.8 Å². The van der Waals surface area contributed by atoms with Gasteiger partial charge < -0.3 is 4.42 Å². The second-order valence-corrected chi connectivity index (χ2v) is 8.01. The topological polar surface area (TPSA) is 71.6 Å². The molecule has 0 fully saturated rings. The van der Waals surface area contributed by atoms with Crippen LogP contribution in [0.2, 0.25) is 5.02 Å². The van der Waals surface area contributed by atoms with Gasteiger partial charge in [-0.2, -0.15) is 5.10 Å². The standard InChI is InChI=1S/C20H17ClN4O2S/c1-13(28-20-22-9-3-10-23-20)19(26)25-17(18-4-2-11-27-18)12-16(24-25)14-5-7-15(21)8-6-14/h2-11,13,17H,12H2,1H3/t13-,17-/m1/s1. The maximum atomic E-state index is 13.2. The average molecular weight is 413 g/mol. The highest BCUT2D eigenvalue weighted by Crippen LogP contribution is 2.35. The summed E-state index contributed by atoms with van der Waals surface area (Å²) in [6.45, 7) is 1.83. The Balaban J connectivity index is 1.60. The summed E-state index contributed by atoms with van der Waals surface area (Å²) in [5.74, 6) is 0.581. The number of carbonyl (C=O) groups is 1. The first-order chi connectivity index (χ1) is 13.6. The highest BCUT2D eigenvalue weighted by molar-refractivity contribution is 8.00. The van der Waals surface area contributed by atoms with Crippen molar-refractivity contribution in [2.75, 3.05) is 0 Å². The maximum Gasteiger partial charge on any atom is 0.256 e. The van der Waals surface area contributed by atoms with Crippen LogP contribution in [0.4, 0.5) is 0 Å². The first-order valence-electron chi connectivity index (χ1n) is 8.75. The molecular weight excluding hydrogens is 396 g/mol. The summed E-state index contributed by atoms with van der Waals surface area (Å²) in [4.78, 5) is 21.5. The predicted molar refractivity (Wildman–Crippen MR) is 108 cm³/mol. The molecule has 2 atom stereocenters. The van der Waals surface area contributed by atoms with Crippen molar-refractivity contribution in [1.29, 1.82) is 0 Å². The third-order valence-electron chi connectivity index (χ3n) is 4.36. The van der Waals surface area contributed by atoms with Crippen LogP contribution in [0.25, 0.3) is 0 Å². The van der Waals surface area contributed by atoms with Crippen molar-refractivity contribution in [2.24, 2.45) is 5.10 Å². The van der Waals surface area contributed by atoms with E-state index in [1.807, 2.05) is 43.3 Å². The van der Waals surface area contributed by atoms with Crippen molar-refractivity contribution in [1.82, 2.24) is 15.0 Å². The summed E-state index contributed by atoms with van der Waals surface area (Å²) < 4.78 is 5.58. The number of benzene rings is 1. The smallest absolute Gasteiger partial charge is 0.256 e. The van der Waals surface area contributed by atoms with E-state index >= 15 is 0 Å². The Morgan fingerprint density at radius 2 is 1.96 bits per heavy atom. The molecule has 0 unspecified atom stereocenters. The van der Waals surface area contributed by atoms with E-state index in [2.05, 4.69) is 15.1 Å². The zero-order valence-electron chi connectivity index (χ0n) is 15.0. The van der Waals surface area contributed by atoms with Gasteiger partial charge in [-0.15, -0.1) is 0 Å². The molecule has 28 heavy (non-hydrogen) atoms. The van der Waals surface area contributed by atoms with Crippen molar-refractivity contribution in [3.05, 3.63) is 77.5 Å². The van der Waals surface area contributed by atoms with Gasteiger partial charge in [0.05, 0.1) is 17.2 Å². The number of hydrazone groups is 1. The summed E-state index contributed by atoms with van der Waals surface area (Å²) in [7, 11) is 0. The van der Waals surface area contributed by atoms with Gasteiger partial charge in [-0.3, -0.25) is 4.79 Å². The molecule has 0 spiro atoms. The molecule has 1 amide bonds. The molecule has 1 aliphatic rings. The van der Waals surface area contributed by atoms with Crippen molar-refractivity contribution in [3.63, 3.8) is 0 Å². The monoisotopic (exact) mass is 412 g/mol. The summed E-state index contributed by atoms with van der Waals surface area (Å²) in [6, 6.07) is 12.6.